The van der Waals surface area contributed by atoms with Crippen molar-refractivity contribution in [2.24, 2.45) is 4.99 Å². The van der Waals surface area contributed by atoms with Gasteiger partial charge in [0.25, 0.3) is 0 Å². The second kappa shape index (κ2) is 12.7. The van der Waals surface area contributed by atoms with E-state index in [1.807, 2.05) is 18.2 Å². The van der Waals surface area contributed by atoms with Crippen LogP contribution in [0.15, 0.2) is 53.5 Å². The van der Waals surface area contributed by atoms with Gasteiger partial charge >= 0.3 is 0 Å². The monoisotopic (exact) mass is 398 g/mol. The Balaban J connectivity index is 1.79. The molecule has 158 valence electrons. The average molecular weight is 399 g/mol. The number of likely N-dealkylation sites (N-methyl/N-ethyl adjacent to an activating group) is 1. The Bertz CT molecular complexity index is 750. The number of nitrogens with one attached hydrogen (secondary N) is 2. The minimum Gasteiger partial charge on any atom is -0.493 e. The number of methoxy groups -OCH3 is 2. The second-order valence-corrected chi connectivity index (χ2v) is 6.85. The summed E-state index contributed by atoms with van der Waals surface area (Å²) < 4.78 is 10.7. The summed E-state index contributed by atoms with van der Waals surface area (Å²) >= 11 is 0. The zero-order chi connectivity index (χ0) is 20.9. The van der Waals surface area contributed by atoms with E-state index in [-0.39, 0.29) is 0 Å². The lowest BCUT2D eigenvalue weighted by molar-refractivity contribution is 0.336. The first-order valence-corrected chi connectivity index (χ1v) is 10.1. The van der Waals surface area contributed by atoms with E-state index < -0.39 is 0 Å². The zero-order valence-corrected chi connectivity index (χ0v) is 18.1. The SMILES string of the molecule is CCNC(=NCCN(C)Cc1ccccc1)NCCc1ccc(OC)c(OC)c1. The summed E-state index contributed by atoms with van der Waals surface area (Å²) in [5.41, 5.74) is 2.51. The molecule has 0 aliphatic heterocycles. The Labute approximate surface area is 174 Å². The topological polar surface area (TPSA) is 58.1 Å². The molecule has 6 nitrogen and oxygen atoms in total. The van der Waals surface area contributed by atoms with Gasteiger partial charge in [0.15, 0.2) is 17.5 Å². The largest absolute Gasteiger partial charge is 0.493 e. The van der Waals surface area contributed by atoms with Crippen LogP contribution in [0.5, 0.6) is 11.5 Å². The maximum absolute atomic E-state index is 5.37. The van der Waals surface area contributed by atoms with E-state index in [2.05, 4.69) is 59.8 Å². The molecular weight excluding hydrogens is 364 g/mol. The van der Waals surface area contributed by atoms with Crippen LogP contribution in [0.1, 0.15) is 18.1 Å². The highest BCUT2D eigenvalue weighted by Gasteiger charge is 2.05. The second-order valence-electron chi connectivity index (χ2n) is 6.85. The van der Waals surface area contributed by atoms with Crippen LogP contribution >= 0.6 is 0 Å². The summed E-state index contributed by atoms with van der Waals surface area (Å²) in [6.45, 7) is 6.28. The van der Waals surface area contributed by atoms with Gasteiger partial charge in [-0.3, -0.25) is 4.99 Å². The highest BCUT2D eigenvalue weighted by Crippen LogP contribution is 2.27. The summed E-state index contributed by atoms with van der Waals surface area (Å²) in [5, 5.41) is 6.72. The van der Waals surface area contributed by atoms with Crippen molar-refractivity contribution in [3.05, 3.63) is 59.7 Å². The van der Waals surface area contributed by atoms with Crippen LogP contribution in [0.3, 0.4) is 0 Å². The Morgan fingerprint density at radius 3 is 2.41 bits per heavy atom. The Morgan fingerprint density at radius 1 is 0.966 bits per heavy atom. The predicted octanol–water partition coefficient (Wildman–Crippen LogP) is 2.93. The fourth-order valence-corrected chi connectivity index (χ4v) is 3.01. The van der Waals surface area contributed by atoms with E-state index in [9.17, 15) is 0 Å². The van der Waals surface area contributed by atoms with Crippen LogP contribution in [0.25, 0.3) is 0 Å². The molecule has 0 aliphatic carbocycles. The Morgan fingerprint density at radius 2 is 1.72 bits per heavy atom. The normalized spacial score (nSPS) is 11.4. The first-order valence-electron chi connectivity index (χ1n) is 10.1. The van der Waals surface area contributed by atoms with E-state index in [4.69, 9.17) is 14.5 Å². The molecule has 2 N–H and O–H groups in total. The summed E-state index contributed by atoms with van der Waals surface area (Å²) in [5.74, 6) is 2.35. The summed E-state index contributed by atoms with van der Waals surface area (Å²) in [4.78, 5) is 6.98. The highest BCUT2D eigenvalue weighted by atomic mass is 16.5. The smallest absolute Gasteiger partial charge is 0.191 e. The van der Waals surface area contributed by atoms with Gasteiger partial charge < -0.3 is 25.0 Å². The van der Waals surface area contributed by atoms with Crippen molar-refractivity contribution in [2.75, 3.05) is 47.4 Å². The molecule has 2 rings (SSSR count). The fourth-order valence-electron chi connectivity index (χ4n) is 3.01. The summed E-state index contributed by atoms with van der Waals surface area (Å²) in [6, 6.07) is 16.5. The van der Waals surface area contributed by atoms with Gasteiger partial charge in [-0.25, -0.2) is 0 Å². The zero-order valence-electron chi connectivity index (χ0n) is 18.1. The van der Waals surface area contributed by atoms with Crippen molar-refractivity contribution >= 4 is 5.96 Å². The molecule has 2 aromatic carbocycles. The summed E-state index contributed by atoms with van der Waals surface area (Å²) in [6.07, 6.45) is 0.874. The van der Waals surface area contributed by atoms with Gasteiger partial charge in [-0.15, -0.1) is 0 Å². The molecule has 0 radical (unpaired) electrons. The number of aliphatic imine (C=N–C) groups is 1. The number of benzene rings is 2. The van der Waals surface area contributed by atoms with Crippen LogP contribution in [-0.2, 0) is 13.0 Å². The number of rotatable bonds is 11. The lowest BCUT2D eigenvalue weighted by atomic mass is 10.1. The third-order valence-corrected chi connectivity index (χ3v) is 4.55. The van der Waals surface area contributed by atoms with Crippen molar-refractivity contribution < 1.29 is 9.47 Å². The molecule has 29 heavy (non-hydrogen) atoms. The number of hydrogen-bond donors (Lipinski definition) is 2. The minimum atomic E-state index is 0.745. The molecule has 0 spiro atoms. The van der Waals surface area contributed by atoms with Crippen LogP contribution in [0.4, 0.5) is 0 Å². The number of guanidine groups is 1. The molecule has 0 atom stereocenters. The number of nitrogens with zero attached hydrogens (tertiary/aromatic N) is 2. The highest BCUT2D eigenvalue weighted by molar-refractivity contribution is 5.79. The molecule has 0 fully saturated rings. The molecule has 0 aromatic heterocycles. The first-order chi connectivity index (χ1) is 14.2. The Hall–Kier alpha value is -2.73. The van der Waals surface area contributed by atoms with Crippen LogP contribution < -0.4 is 20.1 Å². The van der Waals surface area contributed by atoms with Gasteiger partial charge in [0.05, 0.1) is 20.8 Å². The standard InChI is InChI=1S/C23H34N4O2/c1-5-24-23(26-15-16-27(2)18-20-9-7-6-8-10-20)25-14-13-19-11-12-21(28-3)22(17-19)29-4/h6-12,17H,5,13-16,18H2,1-4H3,(H2,24,25,26). The molecule has 0 unspecified atom stereocenters. The molecule has 2 aromatic rings. The van der Waals surface area contributed by atoms with Gasteiger partial charge in [0.2, 0.25) is 0 Å². The molecule has 6 heteroatoms. The first kappa shape index (κ1) is 22.6. The lowest BCUT2D eigenvalue weighted by Crippen LogP contribution is -2.38. The number of hydrogen-bond acceptors (Lipinski definition) is 4. The third kappa shape index (κ3) is 8.03. The van der Waals surface area contributed by atoms with Crippen molar-refractivity contribution in [2.45, 2.75) is 19.9 Å². The molecule has 0 heterocycles. The fraction of sp³-hybridized carbons (Fsp3) is 0.435. The molecule has 0 saturated heterocycles. The van der Waals surface area contributed by atoms with Crippen LogP contribution in [0.2, 0.25) is 0 Å². The van der Waals surface area contributed by atoms with Crippen molar-refractivity contribution in [1.82, 2.24) is 15.5 Å². The maximum Gasteiger partial charge on any atom is 0.191 e. The average Bonchev–Trinajstić information content (AvgIpc) is 2.74. The van der Waals surface area contributed by atoms with Crippen molar-refractivity contribution in [3.63, 3.8) is 0 Å². The molecule has 0 saturated carbocycles. The van der Waals surface area contributed by atoms with Gasteiger partial charge in [-0.2, -0.15) is 0 Å². The maximum atomic E-state index is 5.37. The molecule has 0 aliphatic rings. The third-order valence-electron chi connectivity index (χ3n) is 4.55. The Kier molecular flexibility index (Phi) is 9.86. The van der Waals surface area contributed by atoms with Gasteiger partial charge in [0.1, 0.15) is 0 Å². The molecule has 0 amide bonds. The number of ether oxygens (including phenoxy) is 2. The van der Waals surface area contributed by atoms with E-state index >= 15 is 0 Å². The lowest BCUT2D eigenvalue weighted by Gasteiger charge is -2.16. The molecule has 0 bridgehead atoms. The molecular formula is C23H34N4O2. The van der Waals surface area contributed by atoms with Crippen LogP contribution in [-0.4, -0.2) is 58.3 Å². The van der Waals surface area contributed by atoms with Crippen LogP contribution in [0, 0.1) is 0 Å². The van der Waals surface area contributed by atoms with E-state index in [1.54, 1.807) is 14.2 Å². The minimum absolute atomic E-state index is 0.745. The van der Waals surface area contributed by atoms with Gasteiger partial charge in [-0.1, -0.05) is 36.4 Å². The van der Waals surface area contributed by atoms with E-state index in [1.165, 1.54) is 11.1 Å². The van der Waals surface area contributed by atoms with Crippen molar-refractivity contribution in [1.29, 1.82) is 0 Å². The summed E-state index contributed by atoms with van der Waals surface area (Å²) in [7, 11) is 5.43. The van der Waals surface area contributed by atoms with E-state index in [0.717, 1.165) is 56.6 Å². The predicted molar refractivity (Wildman–Crippen MR) is 120 cm³/mol. The van der Waals surface area contributed by atoms with E-state index in [0.29, 0.717) is 0 Å². The quantitative estimate of drug-likeness (QED) is 0.450. The van der Waals surface area contributed by atoms with Gasteiger partial charge in [0, 0.05) is 26.2 Å². The van der Waals surface area contributed by atoms with Crippen molar-refractivity contribution in [3.8, 4) is 11.5 Å². The van der Waals surface area contributed by atoms with Gasteiger partial charge in [-0.05, 0) is 43.7 Å².